The van der Waals surface area contributed by atoms with Crippen molar-refractivity contribution in [2.75, 3.05) is 10.6 Å². The summed E-state index contributed by atoms with van der Waals surface area (Å²) in [5.74, 6) is -3.63. The van der Waals surface area contributed by atoms with Crippen molar-refractivity contribution < 1.29 is 29.4 Å². The summed E-state index contributed by atoms with van der Waals surface area (Å²) in [4.78, 5) is 50.0. The van der Waals surface area contributed by atoms with E-state index in [9.17, 15) is 24.3 Å². The molecular weight excluding hydrogens is 528 g/mol. The van der Waals surface area contributed by atoms with Crippen molar-refractivity contribution in [2.45, 2.75) is 24.0 Å². The first-order valence-corrected chi connectivity index (χ1v) is 13.1. The molecule has 0 saturated carbocycles. The zero-order valence-electron chi connectivity index (χ0n) is 21.7. The van der Waals surface area contributed by atoms with E-state index in [4.69, 9.17) is 5.11 Å². The number of carboxylic acid groups (broad SMARTS) is 2. The molecule has 1 atom stereocenters. The fraction of sp³-hybridized carbons (Fsp3) is 0.0968. The minimum atomic E-state index is -1.42. The van der Waals surface area contributed by atoms with Crippen LogP contribution in [-0.4, -0.2) is 34.0 Å². The lowest BCUT2D eigenvalue weighted by atomic mass is 10.0. The monoisotopic (exact) mass is 554 g/mol. The Morgan fingerprint density at radius 2 is 1.48 bits per heavy atom. The number of aryl methyl sites for hydroxylation is 2. The summed E-state index contributed by atoms with van der Waals surface area (Å²) in [6.07, 6.45) is 0. The minimum absolute atomic E-state index is 0.175. The summed E-state index contributed by atoms with van der Waals surface area (Å²) in [7, 11) is 0. The van der Waals surface area contributed by atoms with Crippen molar-refractivity contribution in [1.29, 1.82) is 0 Å². The number of benzene rings is 4. The Labute approximate surface area is 235 Å². The fourth-order valence-corrected chi connectivity index (χ4v) is 5.17. The molecule has 0 aliphatic heterocycles. The van der Waals surface area contributed by atoms with Crippen LogP contribution in [0.4, 0.5) is 11.4 Å². The van der Waals surface area contributed by atoms with Gasteiger partial charge in [0.25, 0.3) is 5.91 Å². The van der Waals surface area contributed by atoms with Gasteiger partial charge in [-0.3, -0.25) is 9.59 Å². The predicted octanol–water partition coefficient (Wildman–Crippen LogP) is 6.42. The van der Waals surface area contributed by atoms with Crippen LogP contribution in [0, 0.1) is 13.8 Å². The van der Waals surface area contributed by atoms with Crippen LogP contribution in [0.5, 0.6) is 0 Å². The Morgan fingerprint density at radius 1 is 0.725 bits per heavy atom. The number of carbonyl (C=O) groups excluding carboxylic acids is 2. The van der Waals surface area contributed by atoms with Crippen LogP contribution in [0.3, 0.4) is 0 Å². The summed E-state index contributed by atoms with van der Waals surface area (Å²) < 4.78 is 0. The van der Waals surface area contributed by atoms with Crippen LogP contribution in [0.15, 0.2) is 95.9 Å². The smallest absolute Gasteiger partial charge is 0.336 e. The highest BCUT2D eigenvalue weighted by atomic mass is 32.2. The van der Waals surface area contributed by atoms with Crippen molar-refractivity contribution >= 4 is 46.9 Å². The van der Waals surface area contributed by atoms with Crippen molar-refractivity contribution in [3.05, 3.63) is 124 Å². The standard InChI is InChI=1S/C31H26N2O6S/c1-18-11-14-26(19(2)15-18)33-29(35)27(20-7-4-3-5-8-20)40-23-10-6-9-22(17-23)32-28(34)24-13-12-21(30(36)37)16-25(24)31(38)39/h3-17,27H,1-2H3,(H,32,34)(H,33,35)(H,36,37)(H,38,39). The summed E-state index contributed by atoms with van der Waals surface area (Å²) in [5.41, 5.74) is 3.12. The van der Waals surface area contributed by atoms with Crippen molar-refractivity contribution in [3.63, 3.8) is 0 Å². The predicted molar refractivity (Wildman–Crippen MR) is 154 cm³/mol. The van der Waals surface area contributed by atoms with Gasteiger partial charge < -0.3 is 20.8 Å². The molecule has 4 aromatic carbocycles. The second kappa shape index (κ2) is 12.3. The molecule has 4 aromatic rings. The number of hydrogen-bond donors (Lipinski definition) is 4. The Balaban J connectivity index is 1.58. The molecule has 202 valence electrons. The minimum Gasteiger partial charge on any atom is -0.478 e. The van der Waals surface area contributed by atoms with Gasteiger partial charge in [-0.15, -0.1) is 11.8 Å². The molecule has 0 saturated heterocycles. The molecule has 0 bridgehead atoms. The Hall–Kier alpha value is -4.89. The molecule has 8 nitrogen and oxygen atoms in total. The average Bonchev–Trinajstić information content (AvgIpc) is 2.93. The number of thioether (sulfide) groups is 1. The van der Waals surface area contributed by atoms with Crippen LogP contribution < -0.4 is 10.6 Å². The SMILES string of the molecule is Cc1ccc(NC(=O)C(Sc2cccc(NC(=O)c3ccc(C(=O)O)cc3C(=O)O)c2)c2ccccc2)c(C)c1. The molecule has 0 spiro atoms. The third-order valence-corrected chi connectivity index (χ3v) is 7.32. The highest BCUT2D eigenvalue weighted by molar-refractivity contribution is 8.00. The van der Waals surface area contributed by atoms with Crippen LogP contribution in [-0.2, 0) is 4.79 Å². The summed E-state index contributed by atoms with van der Waals surface area (Å²) in [6.45, 7) is 3.92. The van der Waals surface area contributed by atoms with Crippen LogP contribution in [0.25, 0.3) is 0 Å². The number of hydrogen-bond acceptors (Lipinski definition) is 5. The number of anilines is 2. The van der Waals surface area contributed by atoms with Crippen LogP contribution in [0.2, 0.25) is 0 Å². The number of carboxylic acids is 2. The van der Waals surface area contributed by atoms with Gasteiger partial charge in [-0.1, -0.05) is 54.1 Å². The van der Waals surface area contributed by atoms with Gasteiger partial charge in [-0.05, 0) is 67.4 Å². The third kappa shape index (κ3) is 6.75. The number of aromatic carboxylic acids is 2. The van der Waals surface area contributed by atoms with E-state index >= 15 is 0 Å². The second-order valence-corrected chi connectivity index (χ2v) is 10.2. The molecule has 0 aromatic heterocycles. The number of amides is 2. The van der Waals surface area contributed by atoms with E-state index in [0.717, 1.165) is 28.4 Å². The molecule has 9 heteroatoms. The number of nitrogens with one attached hydrogen (secondary N) is 2. The fourth-order valence-electron chi connectivity index (χ4n) is 4.09. The lowest BCUT2D eigenvalue weighted by molar-refractivity contribution is -0.115. The normalized spacial score (nSPS) is 11.3. The molecule has 40 heavy (non-hydrogen) atoms. The van der Waals surface area contributed by atoms with Crippen LogP contribution in [0.1, 0.15) is 53.0 Å². The van der Waals surface area contributed by atoms with Gasteiger partial charge in [0.15, 0.2) is 0 Å². The highest BCUT2D eigenvalue weighted by Crippen LogP contribution is 2.37. The summed E-state index contributed by atoms with van der Waals surface area (Å²) in [6, 6.07) is 25.3. The topological polar surface area (TPSA) is 133 Å². The van der Waals surface area contributed by atoms with E-state index in [-0.39, 0.29) is 17.0 Å². The highest BCUT2D eigenvalue weighted by Gasteiger charge is 2.24. The van der Waals surface area contributed by atoms with Gasteiger partial charge in [-0.25, -0.2) is 9.59 Å². The van der Waals surface area contributed by atoms with E-state index in [0.29, 0.717) is 10.6 Å². The van der Waals surface area contributed by atoms with Gasteiger partial charge in [-0.2, -0.15) is 0 Å². The van der Waals surface area contributed by atoms with Crippen molar-refractivity contribution in [2.24, 2.45) is 0 Å². The number of rotatable bonds is 9. The maximum atomic E-state index is 13.5. The van der Waals surface area contributed by atoms with Gasteiger partial charge in [0.1, 0.15) is 5.25 Å². The molecule has 1 unspecified atom stereocenters. The van der Waals surface area contributed by atoms with Gasteiger partial charge >= 0.3 is 11.9 Å². The zero-order chi connectivity index (χ0) is 28.8. The molecule has 0 radical (unpaired) electrons. The van der Waals surface area contributed by atoms with Crippen molar-refractivity contribution in [3.8, 4) is 0 Å². The maximum absolute atomic E-state index is 13.5. The van der Waals surface area contributed by atoms with E-state index in [1.165, 1.54) is 23.9 Å². The Kier molecular flexibility index (Phi) is 8.66. The van der Waals surface area contributed by atoms with Gasteiger partial charge in [0.05, 0.1) is 16.7 Å². The molecule has 4 rings (SSSR count). The molecule has 2 amide bonds. The molecule has 0 fully saturated rings. The average molecular weight is 555 g/mol. The molecule has 4 N–H and O–H groups in total. The second-order valence-electron chi connectivity index (χ2n) is 9.07. The quantitative estimate of drug-likeness (QED) is 0.175. The summed E-state index contributed by atoms with van der Waals surface area (Å²) in [5, 5.41) is 23.8. The molecule has 0 aliphatic carbocycles. The van der Waals surface area contributed by atoms with Gasteiger partial charge in [0, 0.05) is 16.3 Å². The van der Waals surface area contributed by atoms with E-state index in [2.05, 4.69) is 10.6 Å². The van der Waals surface area contributed by atoms with E-state index in [1.807, 2.05) is 68.4 Å². The largest absolute Gasteiger partial charge is 0.478 e. The van der Waals surface area contributed by atoms with E-state index < -0.39 is 28.7 Å². The van der Waals surface area contributed by atoms with E-state index in [1.54, 1.807) is 18.2 Å². The van der Waals surface area contributed by atoms with Crippen LogP contribution >= 0.6 is 11.8 Å². The Bertz CT molecular complexity index is 1600. The lowest BCUT2D eigenvalue weighted by Gasteiger charge is -2.19. The molecule has 0 heterocycles. The lowest BCUT2D eigenvalue weighted by Crippen LogP contribution is -2.19. The third-order valence-electron chi connectivity index (χ3n) is 6.07. The zero-order valence-corrected chi connectivity index (χ0v) is 22.5. The molecule has 0 aliphatic rings. The molecular formula is C31H26N2O6S. The van der Waals surface area contributed by atoms with Crippen molar-refractivity contribution in [1.82, 2.24) is 0 Å². The Morgan fingerprint density at radius 3 is 2.15 bits per heavy atom. The van der Waals surface area contributed by atoms with Gasteiger partial charge in [0.2, 0.25) is 5.91 Å². The first-order chi connectivity index (χ1) is 19.1. The first kappa shape index (κ1) is 28.1. The summed E-state index contributed by atoms with van der Waals surface area (Å²) >= 11 is 1.31. The first-order valence-electron chi connectivity index (χ1n) is 12.2. The number of carbonyl (C=O) groups is 4. The maximum Gasteiger partial charge on any atom is 0.336 e.